The summed E-state index contributed by atoms with van der Waals surface area (Å²) in [6.45, 7) is 9.25. The second-order valence-electron chi connectivity index (χ2n) is 6.09. The molecule has 1 aliphatic heterocycles. The van der Waals surface area contributed by atoms with Crippen LogP contribution in [0.15, 0.2) is 24.3 Å². The zero-order chi connectivity index (χ0) is 15.1. The van der Waals surface area contributed by atoms with Crippen molar-refractivity contribution in [1.82, 2.24) is 10.2 Å². The number of nitrogens with zero attached hydrogens (tertiary/aromatic N) is 1. The van der Waals surface area contributed by atoms with Crippen molar-refractivity contribution < 1.29 is 9.59 Å². The fourth-order valence-electron chi connectivity index (χ4n) is 2.61. The minimum Gasteiger partial charge on any atom is -0.340 e. The molecular weight excluding hydrogens is 252 g/mol. The van der Waals surface area contributed by atoms with Crippen LogP contribution in [0, 0.1) is 6.92 Å². The first-order valence-electron chi connectivity index (χ1n) is 6.95. The number of benzene rings is 1. The predicted molar refractivity (Wildman–Crippen MR) is 78.1 cm³/mol. The van der Waals surface area contributed by atoms with Gasteiger partial charge in [0.25, 0.3) is 0 Å². The van der Waals surface area contributed by atoms with Crippen molar-refractivity contribution in [3.63, 3.8) is 0 Å². The average Bonchev–Trinajstić information content (AvgIpc) is 2.37. The molecule has 0 aliphatic carbocycles. The van der Waals surface area contributed by atoms with Gasteiger partial charge >= 0.3 is 0 Å². The number of carbonyl (C=O) groups is 2. The quantitative estimate of drug-likeness (QED) is 0.898. The minimum atomic E-state index is -0.845. The Labute approximate surface area is 120 Å². The lowest BCUT2D eigenvalue weighted by Crippen LogP contribution is -2.67. The highest BCUT2D eigenvalue weighted by molar-refractivity contribution is 5.99. The van der Waals surface area contributed by atoms with Gasteiger partial charge in [-0.05, 0) is 40.2 Å². The van der Waals surface area contributed by atoms with Crippen molar-refractivity contribution >= 4 is 11.8 Å². The first-order chi connectivity index (χ1) is 9.24. The number of rotatable bonds is 2. The summed E-state index contributed by atoms with van der Waals surface area (Å²) in [6, 6.07) is 7.50. The maximum atomic E-state index is 12.6. The van der Waals surface area contributed by atoms with E-state index in [1.54, 1.807) is 25.7 Å². The number of carbonyl (C=O) groups excluding carboxylic acids is 2. The minimum absolute atomic E-state index is 0.0438. The van der Waals surface area contributed by atoms with Crippen LogP contribution in [0.3, 0.4) is 0 Å². The van der Waals surface area contributed by atoms with Gasteiger partial charge in [0.05, 0.1) is 6.04 Å². The Morgan fingerprint density at radius 1 is 1.20 bits per heavy atom. The molecule has 1 aliphatic rings. The van der Waals surface area contributed by atoms with Crippen molar-refractivity contribution in [2.45, 2.75) is 52.2 Å². The smallest absolute Gasteiger partial charge is 0.248 e. The summed E-state index contributed by atoms with van der Waals surface area (Å²) in [5.74, 6) is -0.147. The van der Waals surface area contributed by atoms with Gasteiger partial charge in [0.1, 0.15) is 11.6 Å². The molecule has 2 atom stereocenters. The molecule has 1 heterocycles. The molecule has 1 fully saturated rings. The number of hydrogen-bond acceptors (Lipinski definition) is 2. The van der Waals surface area contributed by atoms with Crippen LogP contribution in [0.1, 0.15) is 44.9 Å². The van der Waals surface area contributed by atoms with Crippen LogP contribution in [-0.4, -0.2) is 28.3 Å². The standard InChI is InChI=1S/C16H22N2O2/c1-10-6-8-13(9-7-10)11(2)18-12(3)14(19)17-16(4,5)15(18)20/h6-9,11-12H,1-5H3,(H,17,19). The number of piperazine rings is 1. The van der Waals surface area contributed by atoms with E-state index in [1.807, 2.05) is 38.1 Å². The van der Waals surface area contributed by atoms with E-state index in [-0.39, 0.29) is 17.9 Å². The molecular formula is C16H22N2O2. The topological polar surface area (TPSA) is 49.4 Å². The molecule has 1 aromatic rings. The molecule has 20 heavy (non-hydrogen) atoms. The number of amides is 2. The molecule has 0 radical (unpaired) electrons. The molecule has 0 aromatic heterocycles. The highest BCUT2D eigenvalue weighted by Gasteiger charge is 2.45. The molecule has 2 amide bonds. The van der Waals surface area contributed by atoms with Crippen LogP contribution in [0.2, 0.25) is 0 Å². The van der Waals surface area contributed by atoms with Crippen molar-refractivity contribution in [1.29, 1.82) is 0 Å². The molecule has 108 valence electrons. The highest BCUT2D eigenvalue weighted by Crippen LogP contribution is 2.28. The van der Waals surface area contributed by atoms with Crippen LogP contribution in [0.4, 0.5) is 0 Å². The lowest BCUT2D eigenvalue weighted by molar-refractivity contribution is -0.155. The van der Waals surface area contributed by atoms with Gasteiger partial charge in [0, 0.05) is 0 Å². The van der Waals surface area contributed by atoms with Crippen LogP contribution < -0.4 is 5.32 Å². The lowest BCUT2D eigenvalue weighted by atomic mass is 9.94. The van der Waals surface area contributed by atoms with Gasteiger partial charge in [-0.1, -0.05) is 29.8 Å². The first kappa shape index (κ1) is 14.6. The Hall–Kier alpha value is -1.84. The van der Waals surface area contributed by atoms with Gasteiger partial charge in [-0.15, -0.1) is 0 Å². The molecule has 2 unspecified atom stereocenters. The zero-order valence-electron chi connectivity index (χ0n) is 12.7. The maximum absolute atomic E-state index is 12.6. The number of aryl methyl sites for hydroxylation is 1. The van der Waals surface area contributed by atoms with E-state index in [1.165, 1.54) is 5.56 Å². The Morgan fingerprint density at radius 3 is 2.30 bits per heavy atom. The van der Waals surface area contributed by atoms with E-state index in [2.05, 4.69) is 5.32 Å². The molecule has 4 nitrogen and oxygen atoms in total. The molecule has 1 aromatic carbocycles. The van der Waals surface area contributed by atoms with Crippen molar-refractivity contribution in [2.24, 2.45) is 0 Å². The van der Waals surface area contributed by atoms with Gasteiger partial charge in [-0.2, -0.15) is 0 Å². The van der Waals surface area contributed by atoms with Gasteiger partial charge in [-0.3, -0.25) is 9.59 Å². The summed E-state index contributed by atoms with van der Waals surface area (Å²) >= 11 is 0. The van der Waals surface area contributed by atoms with E-state index in [4.69, 9.17) is 0 Å². The second kappa shape index (κ2) is 4.93. The Bertz CT molecular complexity index is 534. The number of hydrogen-bond donors (Lipinski definition) is 1. The van der Waals surface area contributed by atoms with Crippen LogP contribution in [-0.2, 0) is 9.59 Å². The van der Waals surface area contributed by atoms with Crippen molar-refractivity contribution in [3.8, 4) is 0 Å². The normalized spacial score (nSPS) is 23.4. The zero-order valence-corrected chi connectivity index (χ0v) is 12.7. The van der Waals surface area contributed by atoms with E-state index < -0.39 is 11.6 Å². The molecule has 0 spiro atoms. The van der Waals surface area contributed by atoms with E-state index in [9.17, 15) is 9.59 Å². The second-order valence-corrected chi connectivity index (χ2v) is 6.09. The van der Waals surface area contributed by atoms with Crippen LogP contribution in [0.5, 0.6) is 0 Å². The van der Waals surface area contributed by atoms with Crippen molar-refractivity contribution in [2.75, 3.05) is 0 Å². The maximum Gasteiger partial charge on any atom is 0.248 e. The third-order valence-electron chi connectivity index (χ3n) is 3.98. The highest BCUT2D eigenvalue weighted by atomic mass is 16.2. The van der Waals surface area contributed by atoms with E-state index in [0.29, 0.717) is 0 Å². The van der Waals surface area contributed by atoms with Gasteiger partial charge in [0.15, 0.2) is 0 Å². The fraction of sp³-hybridized carbons (Fsp3) is 0.500. The Kier molecular flexibility index (Phi) is 3.59. The summed E-state index contributed by atoms with van der Waals surface area (Å²) in [5.41, 5.74) is 1.38. The summed E-state index contributed by atoms with van der Waals surface area (Å²) < 4.78 is 0. The van der Waals surface area contributed by atoms with Crippen molar-refractivity contribution in [3.05, 3.63) is 35.4 Å². The molecule has 1 N–H and O–H groups in total. The first-order valence-corrected chi connectivity index (χ1v) is 6.95. The van der Waals surface area contributed by atoms with E-state index >= 15 is 0 Å². The molecule has 4 heteroatoms. The molecule has 0 bridgehead atoms. The third kappa shape index (κ3) is 2.42. The molecule has 1 saturated heterocycles. The monoisotopic (exact) mass is 274 g/mol. The molecule has 0 saturated carbocycles. The van der Waals surface area contributed by atoms with Crippen LogP contribution >= 0.6 is 0 Å². The lowest BCUT2D eigenvalue weighted by Gasteiger charge is -2.44. The van der Waals surface area contributed by atoms with Gasteiger partial charge < -0.3 is 10.2 Å². The Morgan fingerprint density at radius 2 is 1.75 bits per heavy atom. The summed E-state index contributed by atoms with van der Waals surface area (Å²) in [4.78, 5) is 26.3. The fourth-order valence-corrected chi connectivity index (χ4v) is 2.61. The SMILES string of the molecule is Cc1ccc(C(C)N2C(=O)C(C)(C)NC(=O)C2C)cc1. The molecule has 2 rings (SSSR count). The Balaban J connectivity index is 2.35. The van der Waals surface area contributed by atoms with Gasteiger partial charge in [-0.25, -0.2) is 0 Å². The summed E-state index contributed by atoms with van der Waals surface area (Å²) in [7, 11) is 0. The number of nitrogens with one attached hydrogen (secondary N) is 1. The third-order valence-corrected chi connectivity index (χ3v) is 3.98. The largest absolute Gasteiger partial charge is 0.340 e. The summed E-state index contributed by atoms with van der Waals surface area (Å²) in [5, 5.41) is 2.77. The van der Waals surface area contributed by atoms with Crippen LogP contribution in [0.25, 0.3) is 0 Å². The van der Waals surface area contributed by atoms with Gasteiger partial charge in [0.2, 0.25) is 11.8 Å². The predicted octanol–water partition coefficient (Wildman–Crippen LogP) is 2.18. The average molecular weight is 274 g/mol. The summed E-state index contributed by atoms with van der Waals surface area (Å²) in [6.07, 6.45) is 0. The van der Waals surface area contributed by atoms with E-state index in [0.717, 1.165) is 5.56 Å².